The Labute approximate surface area is 174 Å². The lowest BCUT2D eigenvalue weighted by Gasteiger charge is -2.17. The van der Waals surface area contributed by atoms with Gasteiger partial charge in [0.05, 0.1) is 24.9 Å². The van der Waals surface area contributed by atoms with Crippen LogP contribution in [0.3, 0.4) is 0 Å². The fourth-order valence-electron chi connectivity index (χ4n) is 3.10. The Morgan fingerprint density at radius 3 is 2.37 bits per heavy atom. The molecule has 2 aromatic carbocycles. The first-order valence-electron chi connectivity index (χ1n) is 8.87. The molecule has 0 amide bonds. The van der Waals surface area contributed by atoms with E-state index in [2.05, 4.69) is 10.1 Å². The van der Waals surface area contributed by atoms with Gasteiger partial charge in [0.15, 0.2) is 5.15 Å². The zero-order chi connectivity index (χ0) is 21.3. The number of rotatable bonds is 5. The third-order valence-electron chi connectivity index (χ3n) is 4.53. The molecule has 0 atom stereocenters. The minimum Gasteiger partial charge on any atom is -0.497 e. The number of hydrogen-bond acceptors (Lipinski definition) is 4. The predicted molar refractivity (Wildman–Crippen MR) is 108 cm³/mol. The molecule has 4 rings (SSSR count). The van der Waals surface area contributed by atoms with Crippen molar-refractivity contribution in [2.45, 2.75) is 6.54 Å². The second-order valence-electron chi connectivity index (χ2n) is 6.36. The van der Waals surface area contributed by atoms with Crippen LogP contribution in [0, 0.1) is 11.6 Å². The van der Waals surface area contributed by atoms with Gasteiger partial charge in [-0.3, -0.25) is 9.36 Å². The van der Waals surface area contributed by atoms with Crippen molar-refractivity contribution in [3.63, 3.8) is 0 Å². The first-order valence-corrected chi connectivity index (χ1v) is 9.25. The molecule has 0 aliphatic rings. The van der Waals surface area contributed by atoms with Gasteiger partial charge >= 0.3 is 0 Å². The topological polar surface area (TPSA) is 61.9 Å². The van der Waals surface area contributed by atoms with Crippen LogP contribution < -0.4 is 10.3 Å². The van der Waals surface area contributed by atoms with Crippen LogP contribution in [0.4, 0.5) is 8.78 Å². The van der Waals surface area contributed by atoms with Crippen LogP contribution in [-0.2, 0) is 6.54 Å². The van der Waals surface area contributed by atoms with Crippen LogP contribution in [-0.4, -0.2) is 26.4 Å². The van der Waals surface area contributed by atoms with Crippen molar-refractivity contribution in [2.24, 2.45) is 0 Å². The van der Waals surface area contributed by atoms with E-state index in [0.717, 1.165) is 12.1 Å². The molecule has 0 saturated heterocycles. The van der Waals surface area contributed by atoms with Gasteiger partial charge in [-0.1, -0.05) is 29.8 Å². The second-order valence-corrected chi connectivity index (χ2v) is 6.72. The van der Waals surface area contributed by atoms with Crippen LogP contribution in [0.25, 0.3) is 17.1 Å². The first kappa shape index (κ1) is 19.8. The molecule has 0 radical (unpaired) electrons. The van der Waals surface area contributed by atoms with Gasteiger partial charge in [0.1, 0.15) is 17.4 Å². The summed E-state index contributed by atoms with van der Waals surface area (Å²) in [5, 5.41) is 3.79. The summed E-state index contributed by atoms with van der Waals surface area (Å²) in [6, 6.07) is 12.0. The monoisotopic (exact) mass is 428 g/mol. The summed E-state index contributed by atoms with van der Waals surface area (Å²) >= 11 is 6.35. The van der Waals surface area contributed by atoms with Gasteiger partial charge in [-0.2, -0.15) is 5.10 Å². The minimum atomic E-state index is -0.853. The van der Waals surface area contributed by atoms with Crippen molar-refractivity contribution < 1.29 is 13.5 Å². The van der Waals surface area contributed by atoms with Crippen LogP contribution in [0.15, 0.2) is 65.7 Å². The van der Waals surface area contributed by atoms with Crippen molar-refractivity contribution in [2.75, 3.05) is 7.11 Å². The lowest BCUT2D eigenvalue weighted by atomic mass is 10.1. The van der Waals surface area contributed by atoms with Crippen molar-refractivity contribution in [3.05, 3.63) is 93.6 Å². The summed E-state index contributed by atoms with van der Waals surface area (Å²) in [6.07, 6.45) is 3.01. The Bertz CT molecular complexity index is 1240. The maximum atomic E-state index is 14.6. The molecule has 0 bridgehead atoms. The molecule has 0 saturated carbocycles. The van der Waals surface area contributed by atoms with Gasteiger partial charge in [0.25, 0.3) is 5.56 Å². The third kappa shape index (κ3) is 3.57. The largest absolute Gasteiger partial charge is 0.497 e. The Kier molecular flexibility index (Phi) is 5.33. The van der Waals surface area contributed by atoms with E-state index in [0.29, 0.717) is 11.3 Å². The van der Waals surface area contributed by atoms with E-state index in [4.69, 9.17) is 16.3 Å². The summed E-state index contributed by atoms with van der Waals surface area (Å²) in [7, 11) is 1.54. The summed E-state index contributed by atoms with van der Waals surface area (Å²) in [5.41, 5.74) is -0.474. The number of hydrogen-bond donors (Lipinski definition) is 0. The highest BCUT2D eigenvalue weighted by atomic mass is 35.5. The molecular weight excluding hydrogens is 414 g/mol. The molecule has 6 nitrogen and oxygen atoms in total. The van der Waals surface area contributed by atoms with E-state index >= 15 is 0 Å². The number of benzene rings is 2. The molecule has 0 spiro atoms. The van der Waals surface area contributed by atoms with E-state index in [1.165, 1.54) is 34.8 Å². The molecule has 4 aromatic rings. The lowest BCUT2D eigenvalue weighted by molar-refractivity contribution is 0.414. The van der Waals surface area contributed by atoms with Crippen molar-refractivity contribution >= 4 is 11.6 Å². The average Bonchev–Trinajstić information content (AvgIpc) is 3.27. The van der Waals surface area contributed by atoms with Gasteiger partial charge in [-0.15, -0.1) is 0 Å². The van der Waals surface area contributed by atoms with Crippen molar-refractivity contribution in [1.29, 1.82) is 0 Å². The summed E-state index contributed by atoms with van der Waals surface area (Å²) in [5.74, 6) is -1.16. The van der Waals surface area contributed by atoms with Crippen LogP contribution in [0.2, 0.25) is 5.15 Å². The normalized spacial score (nSPS) is 10.9. The third-order valence-corrected chi connectivity index (χ3v) is 4.79. The van der Waals surface area contributed by atoms with E-state index in [1.54, 1.807) is 30.3 Å². The molecule has 0 aliphatic heterocycles. The van der Waals surface area contributed by atoms with E-state index in [9.17, 15) is 13.6 Å². The zero-order valence-corrected chi connectivity index (χ0v) is 16.5. The maximum Gasteiger partial charge on any atom is 0.296 e. The Morgan fingerprint density at radius 2 is 1.77 bits per heavy atom. The van der Waals surface area contributed by atoms with E-state index in [1.807, 2.05) is 0 Å². The number of methoxy groups -OCH3 is 1. The summed E-state index contributed by atoms with van der Waals surface area (Å²) in [4.78, 5) is 17.4. The van der Waals surface area contributed by atoms with Gasteiger partial charge in [-0.25, -0.2) is 18.4 Å². The molecule has 0 unspecified atom stereocenters. The standard InChI is InChI=1S/C21H15ClF2N4O2/c1-30-14-8-6-13(7-9-14)12-27-18(17-15(23)4-2-5-16(17)24)19(22)26-20(21(27)29)28-11-3-10-25-28/h2-11H,12H2,1H3. The van der Waals surface area contributed by atoms with Gasteiger partial charge in [0.2, 0.25) is 5.82 Å². The van der Waals surface area contributed by atoms with E-state index < -0.39 is 22.8 Å². The van der Waals surface area contributed by atoms with E-state index in [-0.39, 0.29) is 23.2 Å². The lowest BCUT2D eigenvalue weighted by Crippen LogP contribution is -2.29. The number of aromatic nitrogens is 4. The summed E-state index contributed by atoms with van der Waals surface area (Å²) < 4.78 is 36.7. The minimum absolute atomic E-state index is 0.00242. The number of ether oxygens (including phenoxy) is 1. The van der Waals surface area contributed by atoms with Crippen molar-refractivity contribution in [1.82, 2.24) is 19.3 Å². The fourth-order valence-corrected chi connectivity index (χ4v) is 3.37. The first-order chi connectivity index (χ1) is 14.5. The molecule has 30 heavy (non-hydrogen) atoms. The van der Waals surface area contributed by atoms with Gasteiger partial charge in [-0.05, 0) is 35.9 Å². The Balaban J connectivity index is 1.97. The molecule has 2 heterocycles. The molecule has 9 heteroatoms. The maximum absolute atomic E-state index is 14.6. The highest BCUT2D eigenvalue weighted by Crippen LogP contribution is 2.31. The zero-order valence-electron chi connectivity index (χ0n) is 15.7. The highest BCUT2D eigenvalue weighted by molar-refractivity contribution is 6.31. The molecule has 0 N–H and O–H groups in total. The fraction of sp³-hybridized carbons (Fsp3) is 0.0952. The van der Waals surface area contributed by atoms with Gasteiger partial charge in [0, 0.05) is 12.4 Å². The highest BCUT2D eigenvalue weighted by Gasteiger charge is 2.23. The van der Waals surface area contributed by atoms with Crippen LogP contribution in [0.5, 0.6) is 5.75 Å². The molecular formula is C21H15ClF2N4O2. The summed E-state index contributed by atoms with van der Waals surface area (Å²) in [6.45, 7) is 0.00242. The second kappa shape index (κ2) is 8.08. The van der Waals surface area contributed by atoms with Crippen molar-refractivity contribution in [3.8, 4) is 22.8 Å². The Morgan fingerprint density at radius 1 is 1.07 bits per heavy atom. The number of halogens is 3. The molecule has 0 aliphatic carbocycles. The molecule has 152 valence electrons. The Hall–Kier alpha value is -3.52. The van der Waals surface area contributed by atoms with Crippen LogP contribution in [0.1, 0.15) is 5.56 Å². The van der Waals surface area contributed by atoms with Crippen LogP contribution >= 0.6 is 11.6 Å². The number of nitrogens with zero attached hydrogens (tertiary/aromatic N) is 4. The smallest absolute Gasteiger partial charge is 0.296 e. The SMILES string of the molecule is COc1ccc(Cn2c(-c3c(F)cccc3F)c(Cl)nc(-n3cccn3)c2=O)cc1. The van der Waals surface area contributed by atoms with Gasteiger partial charge < -0.3 is 4.74 Å². The predicted octanol–water partition coefficient (Wildman–Crippen LogP) is 4.08. The molecule has 2 aromatic heterocycles. The average molecular weight is 429 g/mol. The molecule has 0 fully saturated rings. The quantitative estimate of drug-likeness (QED) is 0.480.